The summed E-state index contributed by atoms with van der Waals surface area (Å²) in [6.07, 6.45) is 3.46. The third-order valence-electron chi connectivity index (χ3n) is 4.40. The molecule has 1 aliphatic rings. The Morgan fingerprint density at radius 2 is 1.77 bits per heavy atom. The molecule has 0 unspecified atom stereocenters. The van der Waals surface area contributed by atoms with Crippen molar-refractivity contribution in [2.75, 3.05) is 17.7 Å². The minimum atomic E-state index is -3.19. The zero-order valence-corrected chi connectivity index (χ0v) is 15.4. The number of sulfone groups is 1. The van der Waals surface area contributed by atoms with E-state index < -0.39 is 9.84 Å². The van der Waals surface area contributed by atoms with Crippen molar-refractivity contribution < 1.29 is 17.9 Å². The van der Waals surface area contributed by atoms with Crippen LogP contribution in [0.15, 0.2) is 53.4 Å². The smallest absolute Gasteiger partial charge is 0.224 e. The lowest BCUT2D eigenvalue weighted by Gasteiger charge is -2.17. The molecule has 3 rings (SSSR count). The van der Waals surface area contributed by atoms with Gasteiger partial charge in [-0.05, 0) is 61.6 Å². The number of benzene rings is 2. The van der Waals surface area contributed by atoms with Crippen molar-refractivity contribution in [1.82, 2.24) is 0 Å². The number of rotatable bonds is 8. The lowest BCUT2D eigenvalue weighted by Crippen LogP contribution is -2.18. The number of ether oxygens (including phenoxy) is 1. The Hall–Kier alpha value is -2.34. The van der Waals surface area contributed by atoms with Gasteiger partial charge in [0.1, 0.15) is 5.75 Å². The van der Waals surface area contributed by atoms with Crippen molar-refractivity contribution in [3.05, 3.63) is 54.1 Å². The van der Waals surface area contributed by atoms with E-state index in [4.69, 9.17) is 4.74 Å². The summed E-state index contributed by atoms with van der Waals surface area (Å²) in [5.41, 5.74) is 1.95. The number of nitrogens with one attached hydrogen (secondary N) is 1. The number of fused-ring (bicyclic) bond motifs is 1. The van der Waals surface area contributed by atoms with Crippen molar-refractivity contribution in [3.63, 3.8) is 0 Å². The standard InChI is InChI=1S/C20H23NO4S/c22-20-12-9-16-15-17(10-11-19(16)21-20)25-13-5-2-6-14-26(23,24)18-7-3-1-4-8-18/h1,3-4,7-8,10-11,15H,2,5-6,9,12-14H2,(H,21,22). The molecule has 0 aromatic heterocycles. The van der Waals surface area contributed by atoms with Crippen LogP contribution < -0.4 is 10.1 Å². The van der Waals surface area contributed by atoms with Crippen molar-refractivity contribution in [1.29, 1.82) is 0 Å². The fourth-order valence-electron chi connectivity index (χ4n) is 2.96. The second-order valence-electron chi connectivity index (χ2n) is 6.41. The second kappa shape index (κ2) is 8.36. The zero-order chi connectivity index (χ0) is 18.4. The van der Waals surface area contributed by atoms with Gasteiger partial charge in [0.25, 0.3) is 0 Å². The summed E-state index contributed by atoms with van der Waals surface area (Å²) in [6.45, 7) is 0.552. The molecule has 0 radical (unpaired) electrons. The number of hydrogen-bond acceptors (Lipinski definition) is 4. The van der Waals surface area contributed by atoms with Crippen LogP contribution in [0.4, 0.5) is 5.69 Å². The summed E-state index contributed by atoms with van der Waals surface area (Å²) in [6, 6.07) is 14.3. The lowest BCUT2D eigenvalue weighted by atomic mass is 10.0. The van der Waals surface area contributed by atoms with Gasteiger partial charge >= 0.3 is 0 Å². The molecule has 0 fully saturated rings. The molecule has 0 spiro atoms. The van der Waals surface area contributed by atoms with Crippen molar-refractivity contribution in [2.24, 2.45) is 0 Å². The van der Waals surface area contributed by atoms with Gasteiger partial charge in [0.15, 0.2) is 9.84 Å². The van der Waals surface area contributed by atoms with Crippen LogP contribution in [0.5, 0.6) is 5.75 Å². The fraction of sp³-hybridized carbons (Fsp3) is 0.350. The molecular weight excluding hydrogens is 350 g/mol. The molecule has 1 amide bonds. The van der Waals surface area contributed by atoms with Gasteiger partial charge in [-0.2, -0.15) is 0 Å². The van der Waals surface area contributed by atoms with E-state index in [1.54, 1.807) is 24.3 Å². The molecule has 26 heavy (non-hydrogen) atoms. The molecule has 1 aliphatic heterocycles. The maximum absolute atomic E-state index is 12.2. The number of unbranched alkanes of at least 4 members (excludes halogenated alkanes) is 2. The summed E-state index contributed by atoms with van der Waals surface area (Å²) < 4.78 is 30.1. The molecule has 138 valence electrons. The van der Waals surface area contributed by atoms with E-state index in [0.29, 0.717) is 24.3 Å². The van der Waals surface area contributed by atoms with E-state index in [1.165, 1.54) is 0 Å². The highest BCUT2D eigenvalue weighted by Gasteiger charge is 2.15. The van der Waals surface area contributed by atoms with Crippen molar-refractivity contribution in [3.8, 4) is 5.75 Å². The normalized spacial score (nSPS) is 13.8. The lowest BCUT2D eigenvalue weighted by molar-refractivity contribution is -0.116. The van der Waals surface area contributed by atoms with Crippen LogP contribution >= 0.6 is 0 Å². The summed E-state index contributed by atoms with van der Waals surface area (Å²) >= 11 is 0. The van der Waals surface area contributed by atoms with E-state index in [0.717, 1.165) is 36.3 Å². The monoisotopic (exact) mass is 373 g/mol. The predicted octanol–water partition coefficient (Wildman–Crippen LogP) is 3.59. The summed E-state index contributed by atoms with van der Waals surface area (Å²) in [5, 5.41) is 2.85. The molecule has 0 aliphatic carbocycles. The minimum absolute atomic E-state index is 0.0524. The van der Waals surface area contributed by atoms with Crippen LogP contribution in [0.3, 0.4) is 0 Å². The fourth-order valence-corrected chi connectivity index (χ4v) is 4.35. The van der Waals surface area contributed by atoms with E-state index in [-0.39, 0.29) is 11.7 Å². The molecule has 2 aromatic rings. The molecule has 0 atom stereocenters. The second-order valence-corrected chi connectivity index (χ2v) is 8.52. The molecule has 0 saturated heterocycles. The Bertz CT molecular complexity index is 863. The minimum Gasteiger partial charge on any atom is -0.494 e. The maximum Gasteiger partial charge on any atom is 0.224 e. The highest BCUT2D eigenvalue weighted by Crippen LogP contribution is 2.26. The first-order chi connectivity index (χ1) is 12.5. The Balaban J connectivity index is 1.39. The first-order valence-electron chi connectivity index (χ1n) is 8.88. The Kier molecular flexibility index (Phi) is 5.93. The van der Waals surface area contributed by atoms with Crippen molar-refractivity contribution in [2.45, 2.75) is 37.0 Å². The topological polar surface area (TPSA) is 72.5 Å². The van der Waals surface area contributed by atoms with E-state index in [9.17, 15) is 13.2 Å². The van der Waals surface area contributed by atoms with Crippen LogP contribution in [0.2, 0.25) is 0 Å². The largest absolute Gasteiger partial charge is 0.494 e. The van der Waals surface area contributed by atoms with E-state index >= 15 is 0 Å². The number of anilines is 1. The highest BCUT2D eigenvalue weighted by molar-refractivity contribution is 7.91. The van der Waals surface area contributed by atoms with Gasteiger partial charge in [-0.1, -0.05) is 18.2 Å². The number of aryl methyl sites for hydroxylation is 1. The van der Waals surface area contributed by atoms with Crippen molar-refractivity contribution >= 4 is 21.4 Å². The first-order valence-corrected chi connectivity index (χ1v) is 10.5. The van der Waals surface area contributed by atoms with Gasteiger partial charge in [-0.25, -0.2) is 8.42 Å². The first kappa shape index (κ1) is 18.5. The quantitative estimate of drug-likeness (QED) is 0.718. The summed E-state index contributed by atoms with van der Waals surface area (Å²) in [5.74, 6) is 1.00. The van der Waals surface area contributed by atoms with Crippen LogP contribution in [0, 0.1) is 0 Å². The summed E-state index contributed by atoms with van der Waals surface area (Å²) in [4.78, 5) is 11.7. The van der Waals surface area contributed by atoms with Crippen LogP contribution in [0.1, 0.15) is 31.2 Å². The molecule has 0 bridgehead atoms. The highest BCUT2D eigenvalue weighted by atomic mass is 32.2. The number of amides is 1. The molecule has 1 heterocycles. The number of carbonyl (C=O) groups excluding carboxylic acids is 1. The Morgan fingerprint density at radius 3 is 2.58 bits per heavy atom. The average molecular weight is 373 g/mol. The Morgan fingerprint density at radius 1 is 0.962 bits per heavy atom. The summed E-state index contributed by atoms with van der Waals surface area (Å²) in [7, 11) is -3.19. The van der Waals surface area contributed by atoms with Gasteiger partial charge in [0.2, 0.25) is 5.91 Å². The van der Waals surface area contributed by atoms with Crippen LogP contribution in [-0.2, 0) is 21.1 Å². The van der Waals surface area contributed by atoms with E-state index in [1.807, 2.05) is 24.3 Å². The molecule has 5 nitrogen and oxygen atoms in total. The molecule has 1 N–H and O–H groups in total. The van der Waals surface area contributed by atoms with Gasteiger partial charge in [-0.15, -0.1) is 0 Å². The predicted molar refractivity (Wildman–Crippen MR) is 101 cm³/mol. The SMILES string of the molecule is O=C1CCc2cc(OCCCCCS(=O)(=O)c3ccccc3)ccc2N1. The number of hydrogen-bond donors (Lipinski definition) is 1. The van der Waals surface area contributed by atoms with E-state index in [2.05, 4.69) is 5.32 Å². The van der Waals surface area contributed by atoms with Crippen LogP contribution in [-0.4, -0.2) is 26.7 Å². The molecular formula is C20H23NO4S. The molecule has 0 saturated carbocycles. The van der Waals surface area contributed by atoms with Gasteiger partial charge in [0.05, 0.1) is 17.3 Å². The van der Waals surface area contributed by atoms with Gasteiger partial charge < -0.3 is 10.1 Å². The van der Waals surface area contributed by atoms with Gasteiger partial charge in [0, 0.05) is 12.1 Å². The maximum atomic E-state index is 12.2. The third-order valence-corrected chi connectivity index (χ3v) is 6.22. The third kappa shape index (κ3) is 4.85. The molecule has 2 aromatic carbocycles. The zero-order valence-electron chi connectivity index (χ0n) is 14.6. The molecule has 6 heteroatoms. The average Bonchev–Trinajstić information content (AvgIpc) is 2.65. The Labute approximate surface area is 154 Å². The van der Waals surface area contributed by atoms with Crippen LogP contribution in [0.25, 0.3) is 0 Å². The number of carbonyl (C=O) groups is 1. The van der Waals surface area contributed by atoms with Gasteiger partial charge in [-0.3, -0.25) is 4.79 Å².